The second kappa shape index (κ2) is 7.77. The summed E-state index contributed by atoms with van der Waals surface area (Å²) in [5, 5.41) is 0. The van der Waals surface area contributed by atoms with E-state index in [0.29, 0.717) is 16.7 Å². The summed E-state index contributed by atoms with van der Waals surface area (Å²) in [5.41, 5.74) is 0.518. The van der Waals surface area contributed by atoms with Crippen molar-refractivity contribution in [2.45, 2.75) is 45.8 Å². The van der Waals surface area contributed by atoms with E-state index in [4.69, 9.17) is 9.31 Å². The highest BCUT2D eigenvalue weighted by Crippen LogP contribution is 2.37. The monoisotopic (exact) mass is 410 g/mol. The minimum atomic E-state index is -0.863. The summed E-state index contributed by atoms with van der Waals surface area (Å²) in [5.74, 6) is -1.29. The van der Waals surface area contributed by atoms with E-state index in [-0.39, 0.29) is 5.56 Å². The lowest BCUT2D eigenvalue weighted by Gasteiger charge is -2.32. The van der Waals surface area contributed by atoms with Crippen molar-refractivity contribution in [2.24, 2.45) is 4.99 Å². The van der Waals surface area contributed by atoms with Gasteiger partial charge in [-0.15, -0.1) is 0 Å². The molecule has 1 aliphatic heterocycles. The molecule has 1 fully saturated rings. The van der Waals surface area contributed by atoms with Crippen LogP contribution in [0.15, 0.2) is 47.5 Å². The zero-order valence-corrected chi connectivity index (χ0v) is 17.7. The van der Waals surface area contributed by atoms with Crippen LogP contribution in [0, 0.1) is 12.7 Å². The quantitative estimate of drug-likeness (QED) is 0.569. The number of aliphatic imine (C=N–C) groups is 1. The first-order valence-electron chi connectivity index (χ1n) is 9.54. The van der Waals surface area contributed by atoms with Crippen molar-refractivity contribution >= 4 is 36.9 Å². The Kier molecular flexibility index (Phi) is 5.67. The first-order chi connectivity index (χ1) is 14.0. The molecule has 2 aromatic rings. The fraction of sp³-hybridized carbons (Fsp3) is 0.318. The number of imide groups is 1. The number of halogens is 1. The molecule has 0 aliphatic carbocycles. The van der Waals surface area contributed by atoms with Crippen molar-refractivity contribution in [3.63, 3.8) is 0 Å². The number of urea groups is 1. The number of anilines is 1. The van der Waals surface area contributed by atoms with Crippen LogP contribution in [0.5, 0.6) is 0 Å². The average Bonchev–Trinajstić information content (AvgIpc) is 2.90. The van der Waals surface area contributed by atoms with Gasteiger partial charge in [-0.25, -0.2) is 19.1 Å². The molecule has 0 spiro atoms. The Bertz CT molecular complexity index is 1010. The maximum absolute atomic E-state index is 13.6. The summed E-state index contributed by atoms with van der Waals surface area (Å²) in [6.07, 6.45) is 0. The first-order valence-corrected chi connectivity index (χ1v) is 9.54. The van der Waals surface area contributed by atoms with Crippen LogP contribution in [0.3, 0.4) is 0 Å². The zero-order valence-electron chi connectivity index (χ0n) is 17.7. The molecular formula is C22H24BFN2O4. The standard InChI is InChI=1S/C22H24BFN2O4/c1-14-17(23-29-21(2,3)22(4,5)30-23)11-8-12-18(14)26(20(28)25-6)19(27)15-9-7-10-16(24)13-15/h7-13H,6H2,1-5H3. The highest BCUT2D eigenvalue weighted by molar-refractivity contribution is 6.62. The van der Waals surface area contributed by atoms with Crippen molar-refractivity contribution < 1.29 is 23.3 Å². The van der Waals surface area contributed by atoms with Gasteiger partial charge in [-0.2, -0.15) is 0 Å². The zero-order chi connectivity index (χ0) is 22.3. The van der Waals surface area contributed by atoms with Gasteiger partial charge in [0.15, 0.2) is 0 Å². The van der Waals surface area contributed by atoms with Crippen molar-refractivity contribution in [1.82, 2.24) is 0 Å². The topological polar surface area (TPSA) is 68.2 Å². The minimum absolute atomic E-state index is 0.0208. The second-order valence-electron chi connectivity index (χ2n) is 8.17. The summed E-state index contributed by atoms with van der Waals surface area (Å²) < 4.78 is 25.9. The highest BCUT2D eigenvalue weighted by Gasteiger charge is 2.52. The molecule has 0 aromatic heterocycles. The molecule has 0 atom stereocenters. The molecule has 1 heterocycles. The number of carbonyl (C=O) groups is 2. The minimum Gasteiger partial charge on any atom is -0.399 e. The number of carbonyl (C=O) groups excluding carboxylic acids is 2. The Morgan fingerprint density at radius 1 is 1.07 bits per heavy atom. The van der Waals surface area contributed by atoms with Crippen molar-refractivity contribution in [1.29, 1.82) is 0 Å². The largest absolute Gasteiger partial charge is 0.495 e. The van der Waals surface area contributed by atoms with Gasteiger partial charge in [0.05, 0.1) is 16.9 Å². The van der Waals surface area contributed by atoms with Gasteiger partial charge in [-0.1, -0.05) is 18.2 Å². The van der Waals surface area contributed by atoms with Crippen LogP contribution in [-0.2, 0) is 9.31 Å². The summed E-state index contributed by atoms with van der Waals surface area (Å²) in [6.45, 7) is 12.8. The number of amides is 3. The summed E-state index contributed by atoms with van der Waals surface area (Å²) in [4.78, 5) is 29.9. The van der Waals surface area contributed by atoms with Gasteiger partial charge < -0.3 is 9.31 Å². The fourth-order valence-corrected chi connectivity index (χ4v) is 3.23. The van der Waals surface area contributed by atoms with E-state index in [1.165, 1.54) is 18.2 Å². The number of nitrogens with zero attached hydrogens (tertiary/aromatic N) is 2. The average molecular weight is 410 g/mol. The smallest absolute Gasteiger partial charge is 0.399 e. The van der Waals surface area contributed by atoms with Crippen LogP contribution >= 0.6 is 0 Å². The molecule has 1 aliphatic rings. The summed E-state index contributed by atoms with van der Waals surface area (Å²) >= 11 is 0. The van der Waals surface area contributed by atoms with Crippen LogP contribution in [0.1, 0.15) is 43.6 Å². The number of rotatable bonds is 3. The molecule has 0 N–H and O–H groups in total. The van der Waals surface area contributed by atoms with Crippen molar-refractivity contribution in [3.05, 3.63) is 59.4 Å². The molecule has 156 valence electrons. The van der Waals surface area contributed by atoms with Gasteiger partial charge in [-0.05, 0) is 76.6 Å². The molecule has 30 heavy (non-hydrogen) atoms. The molecule has 0 unspecified atom stereocenters. The molecule has 0 bridgehead atoms. The van der Waals surface area contributed by atoms with E-state index >= 15 is 0 Å². The SMILES string of the molecule is C=NC(=O)N(C(=O)c1cccc(F)c1)c1cccc(B2OC(C)(C)C(C)(C)O2)c1C. The third-order valence-electron chi connectivity index (χ3n) is 5.70. The van der Waals surface area contributed by atoms with E-state index in [1.54, 1.807) is 19.1 Å². The van der Waals surface area contributed by atoms with E-state index in [1.807, 2.05) is 33.8 Å². The second-order valence-corrected chi connectivity index (χ2v) is 8.17. The van der Waals surface area contributed by atoms with Crippen LogP contribution in [0.25, 0.3) is 0 Å². The molecule has 2 aromatic carbocycles. The Hall–Kier alpha value is -2.84. The van der Waals surface area contributed by atoms with Gasteiger partial charge in [0.2, 0.25) is 0 Å². The lowest BCUT2D eigenvalue weighted by Crippen LogP contribution is -2.41. The number of hydrogen-bond donors (Lipinski definition) is 0. The third kappa shape index (κ3) is 3.80. The van der Waals surface area contributed by atoms with Gasteiger partial charge in [-0.3, -0.25) is 4.79 Å². The van der Waals surface area contributed by atoms with E-state index in [0.717, 1.165) is 11.0 Å². The fourth-order valence-electron chi connectivity index (χ4n) is 3.23. The molecule has 3 rings (SSSR count). The van der Waals surface area contributed by atoms with Gasteiger partial charge in [0.25, 0.3) is 5.91 Å². The van der Waals surface area contributed by atoms with Gasteiger partial charge >= 0.3 is 13.1 Å². The number of hydrogen-bond acceptors (Lipinski definition) is 4. The van der Waals surface area contributed by atoms with Crippen LogP contribution in [0.2, 0.25) is 0 Å². The lowest BCUT2D eigenvalue weighted by atomic mass is 9.75. The Morgan fingerprint density at radius 2 is 1.67 bits per heavy atom. The predicted octanol–water partition coefficient (Wildman–Crippen LogP) is 3.90. The van der Waals surface area contributed by atoms with Crippen molar-refractivity contribution in [3.8, 4) is 0 Å². The predicted molar refractivity (Wildman–Crippen MR) is 115 cm³/mol. The van der Waals surface area contributed by atoms with E-state index < -0.39 is 36.1 Å². The molecule has 0 radical (unpaired) electrons. The van der Waals surface area contributed by atoms with Gasteiger partial charge in [0, 0.05) is 5.56 Å². The van der Waals surface area contributed by atoms with E-state index in [2.05, 4.69) is 11.7 Å². The maximum Gasteiger partial charge on any atom is 0.495 e. The van der Waals surface area contributed by atoms with E-state index in [9.17, 15) is 14.0 Å². The lowest BCUT2D eigenvalue weighted by molar-refractivity contribution is 0.00578. The Morgan fingerprint density at radius 3 is 2.23 bits per heavy atom. The van der Waals surface area contributed by atoms with Crippen LogP contribution in [0.4, 0.5) is 14.9 Å². The molecule has 6 nitrogen and oxygen atoms in total. The summed E-state index contributed by atoms with van der Waals surface area (Å²) in [6, 6.07) is 9.39. The highest BCUT2D eigenvalue weighted by atomic mass is 19.1. The molecule has 8 heteroatoms. The molecule has 0 saturated carbocycles. The molecule has 1 saturated heterocycles. The van der Waals surface area contributed by atoms with Crippen LogP contribution in [-0.4, -0.2) is 37.0 Å². The normalized spacial score (nSPS) is 16.9. The van der Waals surface area contributed by atoms with Crippen LogP contribution < -0.4 is 10.4 Å². The first kappa shape index (κ1) is 21.9. The maximum atomic E-state index is 13.6. The molecule has 3 amide bonds. The number of benzene rings is 2. The third-order valence-corrected chi connectivity index (χ3v) is 5.70. The Balaban J connectivity index is 2.06. The van der Waals surface area contributed by atoms with Crippen molar-refractivity contribution in [2.75, 3.05) is 4.90 Å². The summed E-state index contributed by atoms with van der Waals surface area (Å²) in [7, 11) is -0.673. The Labute approximate surface area is 175 Å². The van der Waals surface area contributed by atoms with Gasteiger partial charge in [0.1, 0.15) is 5.82 Å². The molecular weight excluding hydrogens is 386 g/mol.